The maximum Gasteiger partial charge on any atom is 0.326 e. The molecule has 3 aromatic rings. The zero-order valence-electron chi connectivity index (χ0n) is 27.8. The second kappa shape index (κ2) is 16.0. The molecule has 0 bridgehead atoms. The molecule has 0 aromatic heterocycles. The predicted octanol–water partition coefficient (Wildman–Crippen LogP) is 5.80. The van der Waals surface area contributed by atoms with Crippen LogP contribution in [0, 0.1) is 5.82 Å². The molecule has 8 nitrogen and oxygen atoms in total. The Morgan fingerprint density at radius 1 is 1.04 bits per heavy atom. The van der Waals surface area contributed by atoms with Crippen molar-refractivity contribution in [3.05, 3.63) is 106 Å². The normalized spacial score (nSPS) is 15.5. The standard InChI is InChI=1S/C37H45F2N3O5/c1-6-15-37(39)16-18-42(19-17-37)24-27-11-8-12-30(38)33(27)35(43)40-31(36(44)45)22-26-10-7-9-25(20-26)21-29-32(46-4)14-13-28(23-41(2)3)34(29)47-5/h6-15,20,31H,16-19,21-24H2,1-5H3,(H,40,43)(H,44,45)/b15-6+/t31-/m0/s1. The zero-order chi connectivity index (χ0) is 34.1. The molecule has 1 atom stereocenters. The summed E-state index contributed by atoms with van der Waals surface area (Å²) in [6.07, 6.45) is 4.34. The summed E-state index contributed by atoms with van der Waals surface area (Å²) in [7, 11) is 7.19. The number of amides is 1. The zero-order valence-corrected chi connectivity index (χ0v) is 27.8. The molecule has 252 valence electrons. The van der Waals surface area contributed by atoms with Crippen LogP contribution in [0.2, 0.25) is 0 Å². The number of rotatable bonds is 14. The third-order valence-corrected chi connectivity index (χ3v) is 8.50. The summed E-state index contributed by atoms with van der Waals surface area (Å²) >= 11 is 0. The number of ether oxygens (including phenoxy) is 2. The number of hydrogen-bond donors (Lipinski definition) is 2. The Labute approximate surface area is 276 Å². The number of methoxy groups -OCH3 is 2. The highest BCUT2D eigenvalue weighted by atomic mass is 19.1. The molecule has 0 aliphatic carbocycles. The van der Waals surface area contributed by atoms with E-state index >= 15 is 4.39 Å². The summed E-state index contributed by atoms with van der Waals surface area (Å²) < 4.78 is 41.5. The number of piperidine rings is 1. The SMILES string of the molecule is C/C=C/C1(F)CCN(Cc2cccc(F)c2C(=O)N[C@@H](Cc2cccc(Cc3c(OC)ccc(CN(C)C)c3OC)c2)C(=O)O)CC1. The van der Waals surface area contributed by atoms with Crippen LogP contribution < -0.4 is 14.8 Å². The number of aliphatic carboxylic acids is 1. The number of nitrogens with one attached hydrogen (secondary N) is 1. The van der Waals surface area contributed by atoms with E-state index in [9.17, 15) is 19.1 Å². The van der Waals surface area contributed by atoms with Gasteiger partial charge in [-0.3, -0.25) is 9.69 Å². The summed E-state index contributed by atoms with van der Waals surface area (Å²) in [6, 6.07) is 14.4. The molecule has 1 aliphatic rings. The number of alkyl halides is 1. The fourth-order valence-corrected chi connectivity index (χ4v) is 6.22. The lowest BCUT2D eigenvalue weighted by Gasteiger charge is -2.35. The van der Waals surface area contributed by atoms with E-state index in [0.717, 1.165) is 22.4 Å². The van der Waals surface area contributed by atoms with Gasteiger partial charge in [0.2, 0.25) is 0 Å². The van der Waals surface area contributed by atoms with Gasteiger partial charge in [0.05, 0.1) is 19.8 Å². The van der Waals surface area contributed by atoms with Crippen molar-refractivity contribution in [2.75, 3.05) is 41.4 Å². The number of halogens is 2. The van der Waals surface area contributed by atoms with Crippen LogP contribution in [-0.2, 0) is 30.7 Å². The Bertz CT molecular complexity index is 1580. The molecule has 1 amide bonds. The van der Waals surface area contributed by atoms with Gasteiger partial charge in [-0.2, -0.15) is 0 Å². The number of allylic oxidation sites excluding steroid dienone is 2. The Morgan fingerprint density at radius 2 is 1.74 bits per heavy atom. The van der Waals surface area contributed by atoms with Gasteiger partial charge in [-0.05, 0) is 62.7 Å². The van der Waals surface area contributed by atoms with Crippen LogP contribution >= 0.6 is 0 Å². The molecule has 0 unspecified atom stereocenters. The molecule has 3 aromatic carbocycles. The highest BCUT2D eigenvalue weighted by molar-refractivity contribution is 5.98. The molecule has 1 saturated heterocycles. The summed E-state index contributed by atoms with van der Waals surface area (Å²) in [5.74, 6) is -1.37. The largest absolute Gasteiger partial charge is 0.496 e. The van der Waals surface area contributed by atoms with Crippen molar-refractivity contribution in [3.8, 4) is 11.5 Å². The number of carboxylic acids is 1. The van der Waals surface area contributed by atoms with Gasteiger partial charge in [0.25, 0.3) is 5.91 Å². The number of carboxylic acid groups (broad SMARTS) is 1. The van der Waals surface area contributed by atoms with Crippen molar-refractivity contribution in [3.63, 3.8) is 0 Å². The van der Waals surface area contributed by atoms with Gasteiger partial charge in [-0.25, -0.2) is 13.6 Å². The van der Waals surface area contributed by atoms with Gasteiger partial charge < -0.3 is 24.8 Å². The van der Waals surface area contributed by atoms with E-state index in [-0.39, 0.29) is 18.5 Å². The first kappa shape index (κ1) is 35.6. The lowest BCUT2D eigenvalue weighted by molar-refractivity contribution is -0.139. The first-order valence-corrected chi connectivity index (χ1v) is 15.8. The molecule has 47 heavy (non-hydrogen) atoms. The lowest BCUT2D eigenvalue weighted by Crippen LogP contribution is -2.43. The van der Waals surface area contributed by atoms with Gasteiger partial charge in [-0.1, -0.05) is 54.6 Å². The summed E-state index contributed by atoms with van der Waals surface area (Å²) in [5.41, 5.74) is 2.33. The Balaban J connectivity index is 1.51. The van der Waals surface area contributed by atoms with E-state index in [0.29, 0.717) is 55.8 Å². The molecular weight excluding hydrogens is 604 g/mol. The predicted molar refractivity (Wildman–Crippen MR) is 178 cm³/mol. The first-order valence-electron chi connectivity index (χ1n) is 15.8. The number of carbonyl (C=O) groups excluding carboxylic acids is 1. The van der Waals surface area contributed by atoms with Gasteiger partial charge in [0.15, 0.2) is 0 Å². The minimum Gasteiger partial charge on any atom is -0.496 e. The maximum atomic E-state index is 15.1. The topological polar surface area (TPSA) is 91.3 Å². The summed E-state index contributed by atoms with van der Waals surface area (Å²) in [5, 5.41) is 12.6. The monoisotopic (exact) mass is 649 g/mol. The van der Waals surface area contributed by atoms with Crippen LogP contribution in [-0.4, -0.2) is 79.9 Å². The van der Waals surface area contributed by atoms with Gasteiger partial charge in [0.1, 0.15) is 29.0 Å². The second-order valence-corrected chi connectivity index (χ2v) is 12.3. The third kappa shape index (κ3) is 9.17. The van der Waals surface area contributed by atoms with Crippen LogP contribution in [0.4, 0.5) is 8.78 Å². The van der Waals surface area contributed by atoms with Gasteiger partial charge in [-0.15, -0.1) is 0 Å². The number of benzene rings is 3. The Morgan fingerprint density at radius 3 is 2.38 bits per heavy atom. The Kier molecular flexibility index (Phi) is 12.1. The van der Waals surface area contributed by atoms with Crippen LogP contribution in [0.1, 0.15) is 57.9 Å². The van der Waals surface area contributed by atoms with Crippen molar-refractivity contribution in [1.29, 1.82) is 0 Å². The van der Waals surface area contributed by atoms with E-state index in [4.69, 9.17) is 9.47 Å². The van der Waals surface area contributed by atoms with Crippen LogP contribution in [0.3, 0.4) is 0 Å². The average Bonchev–Trinajstić information content (AvgIpc) is 3.02. The number of likely N-dealkylation sites (tertiary alicyclic amines) is 1. The highest BCUT2D eigenvalue weighted by Gasteiger charge is 2.32. The van der Waals surface area contributed by atoms with Crippen molar-refractivity contribution in [1.82, 2.24) is 15.1 Å². The van der Waals surface area contributed by atoms with Gasteiger partial charge in [0, 0.05) is 50.1 Å². The van der Waals surface area contributed by atoms with E-state index < -0.39 is 29.4 Å². The molecule has 10 heteroatoms. The molecule has 4 rings (SSSR count). The smallest absolute Gasteiger partial charge is 0.326 e. The molecule has 0 spiro atoms. The highest BCUT2D eigenvalue weighted by Crippen LogP contribution is 2.35. The molecule has 0 saturated carbocycles. The molecular formula is C37H45F2N3O5. The lowest BCUT2D eigenvalue weighted by atomic mass is 9.92. The van der Waals surface area contributed by atoms with Crippen molar-refractivity contribution in [2.45, 2.75) is 57.4 Å². The van der Waals surface area contributed by atoms with Crippen molar-refractivity contribution in [2.24, 2.45) is 0 Å². The van der Waals surface area contributed by atoms with Crippen LogP contribution in [0.5, 0.6) is 11.5 Å². The fourth-order valence-electron chi connectivity index (χ4n) is 6.22. The minimum absolute atomic E-state index is 0.0106. The van der Waals surface area contributed by atoms with E-state index in [1.807, 2.05) is 54.2 Å². The van der Waals surface area contributed by atoms with Gasteiger partial charge >= 0.3 is 5.97 Å². The molecule has 1 aliphatic heterocycles. The number of carbonyl (C=O) groups is 2. The van der Waals surface area contributed by atoms with Crippen LogP contribution in [0.25, 0.3) is 0 Å². The molecule has 0 radical (unpaired) electrons. The molecule has 1 fully saturated rings. The van der Waals surface area contributed by atoms with E-state index in [2.05, 4.69) is 5.32 Å². The van der Waals surface area contributed by atoms with Crippen molar-refractivity contribution >= 4 is 11.9 Å². The number of hydrogen-bond acceptors (Lipinski definition) is 6. The first-order chi connectivity index (χ1) is 22.5. The van der Waals surface area contributed by atoms with E-state index in [1.165, 1.54) is 12.1 Å². The summed E-state index contributed by atoms with van der Waals surface area (Å²) in [6.45, 7) is 3.61. The molecule has 1 heterocycles. The third-order valence-electron chi connectivity index (χ3n) is 8.50. The maximum absolute atomic E-state index is 15.1. The average molecular weight is 650 g/mol. The fraction of sp³-hybridized carbons (Fsp3) is 0.405. The quantitative estimate of drug-likeness (QED) is 0.213. The Hall–Kier alpha value is -4.28. The summed E-state index contributed by atoms with van der Waals surface area (Å²) in [4.78, 5) is 29.8. The van der Waals surface area contributed by atoms with Crippen molar-refractivity contribution < 1.29 is 33.0 Å². The van der Waals surface area contributed by atoms with E-state index in [1.54, 1.807) is 45.4 Å². The number of nitrogens with zero attached hydrogens (tertiary/aromatic N) is 2. The van der Waals surface area contributed by atoms with Crippen LogP contribution in [0.15, 0.2) is 66.7 Å². The second-order valence-electron chi connectivity index (χ2n) is 12.3. The minimum atomic E-state index is -1.37. The molecule has 2 N–H and O–H groups in total.